The molecule has 0 bridgehead atoms. The van der Waals surface area contributed by atoms with Gasteiger partial charge < -0.3 is 14.5 Å². The normalized spacial score (nSPS) is 20.4. The Morgan fingerprint density at radius 1 is 1.75 bits per heavy atom. The summed E-state index contributed by atoms with van der Waals surface area (Å²) in [4.78, 5) is 23.7. The zero-order valence-electron chi connectivity index (χ0n) is 8.84. The number of hydrogen-bond acceptors (Lipinski definition) is 4. The van der Waals surface area contributed by atoms with Crippen molar-refractivity contribution in [1.29, 1.82) is 0 Å². The molecule has 1 aliphatic rings. The molecule has 1 N–H and O–H groups in total. The number of nitrogens with zero attached hydrogens (tertiary/aromatic N) is 2. The maximum Gasteiger partial charge on any atom is 0.358 e. The number of amides is 1. The summed E-state index contributed by atoms with van der Waals surface area (Å²) in [7, 11) is 0. The summed E-state index contributed by atoms with van der Waals surface area (Å²) >= 11 is 0. The lowest BCUT2D eigenvalue weighted by Gasteiger charge is -2.12. The average Bonchev–Trinajstić information content (AvgIpc) is 2.75. The van der Waals surface area contributed by atoms with Crippen molar-refractivity contribution in [2.24, 2.45) is 5.92 Å². The third kappa shape index (κ3) is 2.05. The molecule has 1 fully saturated rings. The van der Waals surface area contributed by atoms with E-state index in [0.29, 0.717) is 31.2 Å². The van der Waals surface area contributed by atoms with Crippen LogP contribution in [0.25, 0.3) is 0 Å². The molecule has 1 aromatic heterocycles. The number of aromatic nitrogens is 1. The summed E-state index contributed by atoms with van der Waals surface area (Å²) in [5.74, 6) is -0.314. The Morgan fingerprint density at radius 3 is 3.00 bits per heavy atom. The first kappa shape index (κ1) is 10.7. The quantitative estimate of drug-likeness (QED) is 0.818. The number of likely N-dealkylation sites (tertiary alicyclic amines) is 1. The van der Waals surface area contributed by atoms with E-state index in [0.717, 1.165) is 0 Å². The molecule has 1 unspecified atom stereocenters. The van der Waals surface area contributed by atoms with Gasteiger partial charge in [0.15, 0.2) is 11.5 Å². The van der Waals surface area contributed by atoms with E-state index in [-0.39, 0.29) is 11.6 Å². The molecule has 6 nitrogen and oxygen atoms in total. The van der Waals surface area contributed by atoms with E-state index in [2.05, 4.69) is 5.16 Å². The number of aromatic carboxylic acids is 1. The van der Waals surface area contributed by atoms with Crippen LogP contribution in [0.3, 0.4) is 0 Å². The fraction of sp³-hybridized carbons (Fsp3) is 0.500. The van der Waals surface area contributed by atoms with E-state index >= 15 is 0 Å². The summed E-state index contributed by atoms with van der Waals surface area (Å²) in [6, 6.07) is 1.35. The molecule has 16 heavy (non-hydrogen) atoms. The van der Waals surface area contributed by atoms with Crippen molar-refractivity contribution in [3.63, 3.8) is 0 Å². The molecule has 2 rings (SSSR count). The third-order valence-corrected chi connectivity index (χ3v) is 2.53. The minimum Gasteiger partial charge on any atom is -0.476 e. The molecular weight excluding hydrogens is 212 g/mol. The molecule has 1 aromatic rings. The van der Waals surface area contributed by atoms with E-state index in [1.165, 1.54) is 6.07 Å². The van der Waals surface area contributed by atoms with Crippen molar-refractivity contribution >= 4 is 11.9 Å². The molecule has 0 radical (unpaired) electrons. The molecule has 0 aliphatic carbocycles. The molecule has 1 saturated heterocycles. The second kappa shape index (κ2) is 3.96. The van der Waals surface area contributed by atoms with E-state index in [9.17, 15) is 9.59 Å². The fourth-order valence-electron chi connectivity index (χ4n) is 1.80. The van der Waals surface area contributed by atoms with E-state index in [4.69, 9.17) is 9.63 Å². The van der Waals surface area contributed by atoms with Gasteiger partial charge in [-0.15, -0.1) is 0 Å². The van der Waals surface area contributed by atoms with Gasteiger partial charge in [-0.25, -0.2) is 4.79 Å². The Hall–Kier alpha value is -1.85. The van der Waals surface area contributed by atoms with Crippen LogP contribution in [0.2, 0.25) is 0 Å². The molecule has 1 atom stereocenters. The van der Waals surface area contributed by atoms with Gasteiger partial charge in [-0.2, -0.15) is 0 Å². The van der Waals surface area contributed by atoms with Crippen LogP contribution in [0.4, 0.5) is 0 Å². The van der Waals surface area contributed by atoms with Crippen LogP contribution < -0.4 is 0 Å². The van der Waals surface area contributed by atoms with Crippen LogP contribution in [-0.4, -0.2) is 33.6 Å². The average molecular weight is 224 g/mol. The topological polar surface area (TPSA) is 83.6 Å². The molecule has 0 saturated carbocycles. The van der Waals surface area contributed by atoms with Crippen molar-refractivity contribution in [3.05, 3.63) is 17.5 Å². The van der Waals surface area contributed by atoms with Crippen molar-refractivity contribution in [2.75, 3.05) is 6.54 Å². The summed E-state index contributed by atoms with van der Waals surface area (Å²) < 4.78 is 4.85. The molecule has 6 heteroatoms. The molecule has 2 heterocycles. The number of carboxylic acid groups (broad SMARTS) is 1. The minimum absolute atomic E-state index is 0.0702. The van der Waals surface area contributed by atoms with E-state index < -0.39 is 5.97 Å². The molecule has 0 spiro atoms. The summed E-state index contributed by atoms with van der Waals surface area (Å²) in [5.41, 5.74) is -0.130. The van der Waals surface area contributed by atoms with Crippen molar-refractivity contribution in [1.82, 2.24) is 10.1 Å². The Balaban J connectivity index is 2.04. The highest BCUT2D eigenvalue weighted by Crippen LogP contribution is 2.19. The molecule has 1 aliphatic heterocycles. The second-order valence-corrected chi connectivity index (χ2v) is 4.07. The lowest BCUT2D eigenvalue weighted by molar-refractivity contribution is -0.128. The summed E-state index contributed by atoms with van der Waals surface area (Å²) in [6.45, 7) is 2.98. The number of carbonyl (C=O) groups excluding carboxylic acids is 1. The van der Waals surface area contributed by atoms with Crippen LogP contribution in [0, 0.1) is 5.92 Å². The van der Waals surface area contributed by atoms with Gasteiger partial charge in [0.2, 0.25) is 5.91 Å². The second-order valence-electron chi connectivity index (χ2n) is 4.07. The zero-order valence-corrected chi connectivity index (χ0v) is 8.84. The van der Waals surface area contributed by atoms with Gasteiger partial charge in [-0.1, -0.05) is 12.1 Å². The van der Waals surface area contributed by atoms with E-state index in [1.807, 2.05) is 6.92 Å². The van der Waals surface area contributed by atoms with Gasteiger partial charge >= 0.3 is 5.97 Å². The molecular formula is C10H12N2O4. The third-order valence-electron chi connectivity index (χ3n) is 2.53. The SMILES string of the molecule is CC1CC(=O)N(Cc2cc(C(=O)O)no2)C1. The Morgan fingerprint density at radius 2 is 2.50 bits per heavy atom. The molecule has 1 amide bonds. The molecule has 0 aromatic carbocycles. The van der Waals surface area contributed by atoms with Crippen LogP contribution in [0.5, 0.6) is 0 Å². The predicted octanol–water partition coefficient (Wildman–Crippen LogP) is 0.741. The van der Waals surface area contributed by atoms with Crippen LogP contribution >= 0.6 is 0 Å². The zero-order chi connectivity index (χ0) is 11.7. The van der Waals surface area contributed by atoms with Gasteiger partial charge in [0.25, 0.3) is 0 Å². The maximum atomic E-state index is 11.5. The van der Waals surface area contributed by atoms with Crippen molar-refractivity contribution in [2.45, 2.75) is 19.9 Å². The monoisotopic (exact) mass is 224 g/mol. The van der Waals surface area contributed by atoms with Crippen LogP contribution in [0.15, 0.2) is 10.6 Å². The highest BCUT2D eigenvalue weighted by atomic mass is 16.5. The maximum absolute atomic E-state index is 11.5. The summed E-state index contributed by atoms with van der Waals surface area (Å²) in [5, 5.41) is 12.0. The largest absolute Gasteiger partial charge is 0.476 e. The lowest BCUT2D eigenvalue weighted by Crippen LogP contribution is -2.24. The van der Waals surface area contributed by atoms with Gasteiger partial charge in [-0.3, -0.25) is 4.79 Å². The van der Waals surface area contributed by atoms with Crippen LogP contribution in [-0.2, 0) is 11.3 Å². The number of carboxylic acids is 1. The highest BCUT2D eigenvalue weighted by Gasteiger charge is 2.27. The highest BCUT2D eigenvalue weighted by molar-refractivity contribution is 5.85. The number of hydrogen-bond donors (Lipinski definition) is 1. The first-order chi connectivity index (χ1) is 7.56. The fourth-order valence-corrected chi connectivity index (χ4v) is 1.80. The van der Waals surface area contributed by atoms with Crippen molar-refractivity contribution < 1.29 is 19.2 Å². The van der Waals surface area contributed by atoms with Gasteiger partial charge in [0.1, 0.15) is 0 Å². The smallest absolute Gasteiger partial charge is 0.358 e. The number of rotatable bonds is 3. The van der Waals surface area contributed by atoms with Gasteiger partial charge in [0, 0.05) is 19.0 Å². The predicted molar refractivity (Wildman–Crippen MR) is 52.7 cm³/mol. The standard InChI is InChI=1S/C10H12N2O4/c1-6-2-9(13)12(4-6)5-7-3-8(10(14)15)11-16-7/h3,6H,2,4-5H2,1H3,(H,14,15). The molecule has 86 valence electrons. The van der Waals surface area contributed by atoms with Gasteiger partial charge in [0.05, 0.1) is 6.54 Å². The lowest BCUT2D eigenvalue weighted by atomic mass is 10.2. The number of carbonyl (C=O) groups is 2. The van der Waals surface area contributed by atoms with Crippen LogP contribution in [0.1, 0.15) is 29.6 Å². The minimum atomic E-state index is -1.13. The summed E-state index contributed by atoms with van der Waals surface area (Å²) in [6.07, 6.45) is 0.542. The Bertz CT molecular complexity index is 426. The van der Waals surface area contributed by atoms with Crippen molar-refractivity contribution in [3.8, 4) is 0 Å². The van der Waals surface area contributed by atoms with E-state index in [1.54, 1.807) is 4.90 Å². The Kier molecular flexibility index (Phi) is 2.64. The van der Waals surface area contributed by atoms with Gasteiger partial charge in [-0.05, 0) is 5.92 Å². The Labute approximate surface area is 91.8 Å². The first-order valence-electron chi connectivity index (χ1n) is 5.03. The first-order valence-corrected chi connectivity index (χ1v) is 5.03.